The van der Waals surface area contributed by atoms with Gasteiger partial charge in [-0.15, -0.1) is 0 Å². The minimum Gasteiger partial charge on any atom is -0.466 e. The summed E-state index contributed by atoms with van der Waals surface area (Å²) in [5.41, 5.74) is 1.24. The lowest BCUT2D eigenvalue weighted by Gasteiger charge is -2.31. The van der Waals surface area contributed by atoms with Crippen molar-refractivity contribution in [1.29, 1.82) is 5.26 Å². The van der Waals surface area contributed by atoms with E-state index in [1.165, 1.54) is 0 Å². The van der Waals surface area contributed by atoms with E-state index >= 15 is 0 Å². The van der Waals surface area contributed by atoms with Gasteiger partial charge in [0.25, 0.3) is 0 Å². The molecule has 2 rings (SSSR count). The number of rotatable bonds is 6. The van der Waals surface area contributed by atoms with Gasteiger partial charge in [-0.05, 0) is 50.6 Å². The Hall–Kier alpha value is -2.39. The number of piperidine rings is 1. The van der Waals surface area contributed by atoms with Crippen LogP contribution in [0.1, 0.15) is 31.7 Å². The lowest BCUT2D eigenvalue weighted by atomic mass is 9.98. The number of nitrogens with zero attached hydrogens (tertiary/aromatic N) is 2. The van der Waals surface area contributed by atoms with E-state index in [2.05, 4.69) is 10.2 Å². The summed E-state index contributed by atoms with van der Waals surface area (Å²) < 4.78 is 5.09. The van der Waals surface area contributed by atoms with Gasteiger partial charge in [-0.3, -0.25) is 9.59 Å². The zero-order valence-electron chi connectivity index (χ0n) is 14.0. The van der Waals surface area contributed by atoms with Gasteiger partial charge in [-0.1, -0.05) is 0 Å². The highest BCUT2D eigenvalue weighted by Gasteiger charge is 2.26. The first-order valence-electron chi connectivity index (χ1n) is 8.31. The molecule has 1 heterocycles. The molecule has 1 amide bonds. The van der Waals surface area contributed by atoms with Gasteiger partial charge in [-0.25, -0.2) is 0 Å². The molecule has 128 valence electrons. The second-order valence-corrected chi connectivity index (χ2v) is 5.88. The summed E-state index contributed by atoms with van der Waals surface area (Å²) in [6, 6.07) is 8.82. The highest BCUT2D eigenvalue weighted by atomic mass is 16.5. The second kappa shape index (κ2) is 9.04. The van der Waals surface area contributed by atoms with Gasteiger partial charge in [0.2, 0.25) is 5.91 Å². The summed E-state index contributed by atoms with van der Waals surface area (Å²) in [4.78, 5) is 26.0. The molecule has 6 nitrogen and oxygen atoms in total. The zero-order chi connectivity index (χ0) is 17.4. The van der Waals surface area contributed by atoms with Gasteiger partial charge >= 0.3 is 5.97 Å². The lowest BCUT2D eigenvalue weighted by molar-refractivity contribution is -0.149. The van der Waals surface area contributed by atoms with Crippen molar-refractivity contribution in [2.24, 2.45) is 5.92 Å². The number of likely N-dealkylation sites (tertiary alicyclic amines) is 1. The van der Waals surface area contributed by atoms with Crippen molar-refractivity contribution in [2.75, 3.05) is 31.6 Å². The van der Waals surface area contributed by atoms with Gasteiger partial charge in [0.1, 0.15) is 0 Å². The molecule has 6 heteroatoms. The first kappa shape index (κ1) is 18.0. The van der Waals surface area contributed by atoms with E-state index in [-0.39, 0.29) is 17.8 Å². The summed E-state index contributed by atoms with van der Waals surface area (Å²) in [6.45, 7) is 4.40. The SMILES string of the molecule is CCOC(=O)C1CCCN(CCC(=O)Nc2ccc(C#N)cc2)C1. The summed E-state index contributed by atoms with van der Waals surface area (Å²) in [6.07, 6.45) is 2.17. The molecule has 0 radical (unpaired) electrons. The van der Waals surface area contributed by atoms with Crippen LogP contribution in [0, 0.1) is 17.2 Å². The molecular weight excluding hydrogens is 306 g/mol. The number of amides is 1. The monoisotopic (exact) mass is 329 g/mol. The molecule has 1 unspecified atom stereocenters. The third-order valence-corrected chi connectivity index (χ3v) is 4.08. The average molecular weight is 329 g/mol. The number of hydrogen-bond acceptors (Lipinski definition) is 5. The maximum Gasteiger partial charge on any atom is 0.310 e. The number of hydrogen-bond donors (Lipinski definition) is 1. The number of esters is 1. The van der Waals surface area contributed by atoms with Crippen molar-refractivity contribution in [3.05, 3.63) is 29.8 Å². The Morgan fingerprint density at radius 2 is 2.12 bits per heavy atom. The molecule has 1 aromatic carbocycles. The summed E-state index contributed by atoms with van der Waals surface area (Å²) in [7, 11) is 0. The fourth-order valence-corrected chi connectivity index (χ4v) is 2.82. The Morgan fingerprint density at radius 1 is 1.38 bits per heavy atom. The summed E-state index contributed by atoms with van der Waals surface area (Å²) in [5, 5.41) is 11.6. The molecule has 1 atom stereocenters. The van der Waals surface area contributed by atoms with Gasteiger partial charge < -0.3 is 15.0 Å². The van der Waals surface area contributed by atoms with Crippen molar-refractivity contribution in [3.63, 3.8) is 0 Å². The van der Waals surface area contributed by atoms with Crippen molar-refractivity contribution >= 4 is 17.6 Å². The Kier molecular flexibility index (Phi) is 6.76. The first-order chi connectivity index (χ1) is 11.6. The molecule has 0 aromatic heterocycles. The largest absolute Gasteiger partial charge is 0.466 e. The van der Waals surface area contributed by atoms with E-state index in [0.29, 0.717) is 37.4 Å². The number of anilines is 1. The molecule has 1 aliphatic rings. The quantitative estimate of drug-likeness (QED) is 0.809. The normalized spacial score (nSPS) is 17.8. The molecule has 0 spiro atoms. The van der Waals surface area contributed by atoms with Crippen molar-refractivity contribution in [3.8, 4) is 6.07 Å². The van der Waals surface area contributed by atoms with Crippen LogP contribution in [0.3, 0.4) is 0 Å². The van der Waals surface area contributed by atoms with Crippen LogP contribution in [0.5, 0.6) is 0 Å². The molecule has 0 saturated carbocycles. The topological polar surface area (TPSA) is 82.4 Å². The maximum absolute atomic E-state index is 12.0. The van der Waals surface area contributed by atoms with Crippen molar-refractivity contribution < 1.29 is 14.3 Å². The third kappa shape index (κ3) is 5.36. The van der Waals surface area contributed by atoms with Crippen LogP contribution in [0.15, 0.2) is 24.3 Å². The Balaban J connectivity index is 1.76. The van der Waals surface area contributed by atoms with E-state index in [1.807, 2.05) is 13.0 Å². The summed E-state index contributed by atoms with van der Waals surface area (Å²) in [5.74, 6) is -0.289. The average Bonchev–Trinajstić information content (AvgIpc) is 2.61. The van der Waals surface area contributed by atoms with E-state index in [1.54, 1.807) is 24.3 Å². The molecule has 0 bridgehead atoms. The van der Waals surface area contributed by atoms with E-state index < -0.39 is 0 Å². The third-order valence-electron chi connectivity index (χ3n) is 4.08. The van der Waals surface area contributed by atoms with Gasteiger partial charge in [0, 0.05) is 25.2 Å². The minimum atomic E-state index is -0.135. The standard InChI is InChI=1S/C18H23N3O3/c1-2-24-18(23)15-4-3-10-21(13-15)11-9-17(22)20-16-7-5-14(12-19)6-8-16/h5-8,15H,2-4,9-11,13H2,1H3,(H,20,22). The molecule has 1 saturated heterocycles. The van der Waals surface area contributed by atoms with Crippen molar-refractivity contribution in [2.45, 2.75) is 26.2 Å². The van der Waals surface area contributed by atoms with Crippen LogP contribution >= 0.6 is 0 Å². The van der Waals surface area contributed by atoms with Crippen LogP contribution < -0.4 is 5.32 Å². The van der Waals surface area contributed by atoms with Crippen LogP contribution in [-0.4, -0.2) is 43.0 Å². The smallest absolute Gasteiger partial charge is 0.310 e. The van der Waals surface area contributed by atoms with E-state index in [9.17, 15) is 9.59 Å². The number of carbonyl (C=O) groups is 2. The number of nitrogens with one attached hydrogen (secondary N) is 1. The molecule has 1 fully saturated rings. The van der Waals surface area contributed by atoms with Gasteiger partial charge in [-0.2, -0.15) is 5.26 Å². The van der Waals surface area contributed by atoms with Crippen LogP contribution in [0.4, 0.5) is 5.69 Å². The molecular formula is C18H23N3O3. The zero-order valence-corrected chi connectivity index (χ0v) is 14.0. The number of benzene rings is 1. The second-order valence-electron chi connectivity index (χ2n) is 5.88. The fraction of sp³-hybridized carbons (Fsp3) is 0.500. The fourth-order valence-electron chi connectivity index (χ4n) is 2.82. The predicted octanol–water partition coefficient (Wildman–Crippen LogP) is 2.16. The van der Waals surface area contributed by atoms with Crippen LogP contribution in [-0.2, 0) is 14.3 Å². The van der Waals surface area contributed by atoms with E-state index in [4.69, 9.17) is 10.00 Å². The van der Waals surface area contributed by atoms with Gasteiger partial charge in [0.15, 0.2) is 0 Å². The van der Waals surface area contributed by atoms with Gasteiger partial charge in [0.05, 0.1) is 24.2 Å². The molecule has 1 aliphatic heterocycles. The number of ether oxygens (including phenoxy) is 1. The van der Waals surface area contributed by atoms with E-state index in [0.717, 1.165) is 19.4 Å². The Bertz CT molecular complexity index is 607. The first-order valence-corrected chi connectivity index (χ1v) is 8.31. The lowest BCUT2D eigenvalue weighted by Crippen LogP contribution is -2.40. The van der Waals surface area contributed by atoms with Crippen LogP contribution in [0.2, 0.25) is 0 Å². The predicted molar refractivity (Wildman–Crippen MR) is 90.2 cm³/mol. The highest BCUT2D eigenvalue weighted by Crippen LogP contribution is 2.18. The molecule has 0 aliphatic carbocycles. The molecule has 1 aromatic rings. The Morgan fingerprint density at radius 3 is 2.79 bits per heavy atom. The molecule has 1 N–H and O–H groups in total. The summed E-state index contributed by atoms with van der Waals surface area (Å²) >= 11 is 0. The maximum atomic E-state index is 12.0. The van der Waals surface area contributed by atoms with Crippen molar-refractivity contribution in [1.82, 2.24) is 4.90 Å². The number of nitriles is 1. The minimum absolute atomic E-state index is 0.0713. The highest BCUT2D eigenvalue weighted by molar-refractivity contribution is 5.90. The molecule has 24 heavy (non-hydrogen) atoms. The Labute approximate surface area is 142 Å². The van der Waals surface area contributed by atoms with Crippen LogP contribution in [0.25, 0.3) is 0 Å². The number of carbonyl (C=O) groups excluding carboxylic acids is 2.